The highest BCUT2D eigenvalue weighted by molar-refractivity contribution is 4.93. The molecule has 1 saturated heterocycles. The summed E-state index contributed by atoms with van der Waals surface area (Å²) >= 11 is 0. The lowest BCUT2D eigenvalue weighted by atomic mass is 10.4. The van der Waals surface area contributed by atoms with Crippen molar-refractivity contribution in [2.75, 3.05) is 6.61 Å². The molecule has 0 aromatic rings. The Hall–Kier alpha value is -0.0800. The average Bonchev–Trinajstić information content (AvgIpc) is 2.19. The van der Waals surface area contributed by atoms with Gasteiger partial charge in [-0.05, 0) is 6.92 Å². The van der Waals surface area contributed by atoms with E-state index >= 15 is 0 Å². The highest BCUT2D eigenvalue weighted by Gasteiger charge is 2.29. The fraction of sp³-hybridized carbons (Fsp3) is 1.00. The van der Waals surface area contributed by atoms with Crippen LogP contribution in [0.1, 0.15) is 6.92 Å². The first-order valence-electron chi connectivity index (χ1n) is 2.21. The molecule has 6 heavy (non-hydrogen) atoms. The summed E-state index contributed by atoms with van der Waals surface area (Å²) < 4.78 is 0. The highest BCUT2D eigenvalue weighted by atomic mass is 16.3. The van der Waals surface area contributed by atoms with E-state index in [4.69, 9.17) is 5.11 Å². The summed E-state index contributed by atoms with van der Waals surface area (Å²) in [4.78, 5) is 0. The Balaban J connectivity index is 2.09. The molecule has 1 aliphatic rings. The van der Waals surface area contributed by atoms with E-state index in [1.807, 2.05) is 0 Å². The van der Waals surface area contributed by atoms with Crippen molar-refractivity contribution in [1.82, 2.24) is 5.32 Å². The van der Waals surface area contributed by atoms with Crippen LogP contribution in [0.5, 0.6) is 0 Å². The number of nitrogens with one attached hydrogen (secondary N) is 1. The van der Waals surface area contributed by atoms with Gasteiger partial charge in [0.2, 0.25) is 0 Å². The fourth-order valence-corrected chi connectivity index (χ4v) is 0.493. The van der Waals surface area contributed by atoms with Crippen molar-refractivity contribution >= 4 is 0 Å². The molecule has 2 atom stereocenters. The van der Waals surface area contributed by atoms with Gasteiger partial charge >= 0.3 is 0 Å². The maximum Gasteiger partial charge on any atom is 0.0599 e. The normalized spacial score (nSPS) is 43.0. The molecule has 1 aliphatic heterocycles. The van der Waals surface area contributed by atoms with Crippen LogP contribution in [0.2, 0.25) is 0 Å². The van der Waals surface area contributed by atoms with Crippen molar-refractivity contribution in [3.05, 3.63) is 0 Å². The van der Waals surface area contributed by atoms with Crippen LogP contribution in [0.4, 0.5) is 0 Å². The van der Waals surface area contributed by atoms with E-state index in [1.54, 1.807) is 0 Å². The van der Waals surface area contributed by atoms with Gasteiger partial charge in [0.15, 0.2) is 0 Å². The second kappa shape index (κ2) is 1.21. The second-order valence-electron chi connectivity index (χ2n) is 1.74. The third kappa shape index (κ3) is 0.533. The molecule has 0 aliphatic carbocycles. The van der Waals surface area contributed by atoms with Gasteiger partial charge in [0, 0.05) is 12.1 Å². The Labute approximate surface area is 37.2 Å². The van der Waals surface area contributed by atoms with Crippen LogP contribution in [-0.2, 0) is 0 Å². The van der Waals surface area contributed by atoms with Gasteiger partial charge in [0.25, 0.3) is 0 Å². The summed E-state index contributed by atoms with van der Waals surface area (Å²) in [5, 5.41) is 11.3. The van der Waals surface area contributed by atoms with Gasteiger partial charge in [-0.25, -0.2) is 0 Å². The lowest BCUT2D eigenvalue weighted by Gasteiger charge is -1.76. The van der Waals surface area contributed by atoms with Gasteiger partial charge in [0.05, 0.1) is 6.61 Å². The quantitative estimate of drug-likeness (QED) is 0.417. The Morgan fingerprint density at radius 1 is 1.83 bits per heavy atom. The largest absolute Gasteiger partial charge is 0.395 e. The van der Waals surface area contributed by atoms with Gasteiger partial charge in [-0.2, -0.15) is 0 Å². The number of hydrogen-bond acceptors (Lipinski definition) is 2. The van der Waals surface area contributed by atoms with Crippen molar-refractivity contribution in [2.24, 2.45) is 0 Å². The van der Waals surface area contributed by atoms with E-state index in [0.29, 0.717) is 18.7 Å². The third-order valence-corrected chi connectivity index (χ3v) is 1.17. The van der Waals surface area contributed by atoms with E-state index < -0.39 is 0 Å². The summed E-state index contributed by atoms with van der Waals surface area (Å²) in [5.74, 6) is 0. The molecule has 0 saturated carbocycles. The second-order valence-corrected chi connectivity index (χ2v) is 1.74. The van der Waals surface area contributed by atoms with Crippen molar-refractivity contribution in [2.45, 2.75) is 19.0 Å². The van der Waals surface area contributed by atoms with Gasteiger partial charge < -0.3 is 10.4 Å². The predicted molar refractivity (Wildman–Crippen MR) is 23.5 cm³/mol. The van der Waals surface area contributed by atoms with Crippen LogP contribution in [0.15, 0.2) is 0 Å². The molecule has 2 N–H and O–H groups in total. The minimum absolute atomic E-state index is 0.293. The molecule has 2 heteroatoms. The first-order valence-corrected chi connectivity index (χ1v) is 2.21. The maximum absolute atomic E-state index is 8.31. The smallest absolute Gasteiger partial charge is 0.0599 e. The van der Waals surface area contributed by atoms with Gasteiger partial charge in [-0.1, -0.05) is 0 Å². The molecule has 0 aromatic heterocycles. The van der Waals surface area contributed by atoms with E-state index in [9.17, 15) is 0 Å². The summed E-state index contributed by atoms with van der Waals surface area (Å²) in [5.41, 5.74) is 0. The Morgan fingerprint density at radius 2 is 2.33 bits per heavy atom. The molecule has 0 amide bonds. The minimum atomic E-state index is 0.293. The zero-order valence-corrected chi connectivity index (χ0v) is 3.81. The van der Waals surface area contributed by atoms with E-state index in [1.165, 1.54) is 0 Å². The van der Waals surface area contributed by atoms with Crippen LogP contribution >= 0.6 is 0 Å². The minimum Gasteiger partial charge on any atom is -0.395 e. The van der Waals surface area contributed by atoms with Crippen LogP contribution in [-0.4, -0.2) is 23.8 Å². The first-order chi connectivity index (χ1) is 2.84. The molecule has 36 valence electrons. The summed E-state index contributed by atoms with van der Waals surface area (Å²) in [6.45, 7) is 2.35. The van der Waals surface area contributed by atoms with Gasteiger partial charge in [0.1, 0.15) is 0 Å². The Bertz CT molecular complexity index is 53.5. The van der Waals surface area contributed by atoms with Crippen LogP contribution in [0.3, 0.4) is 0 Å². The molecular formula is C4H9NO. The number of hydrogen-bond donors (Lipinski definition) is 2. The van der Waals surface area contributed by atoms with Crippen molar-refractivity contribution < 1.29 is 5.11 Å². The molecular weight excluding hydrogens is 78.0 g/mol. The molecule has 1 heterocycles. The van der Waals surface area contributed by atoms with Crippen LogP contribution < -0.4 is 5.32 Å². The zero-order valence-electron chi connectivity index (χ0n) is 3.81. The molecule has 1 fully saturated rings. The number of aliphatic hydroxyl groups excluding tert-OH is 1. The molecule has 0 unspecified atom stereocenters. The monoisotopic (exact) mass is 87.1 g/mol. The van der Waals surface area contributed by atoms with Crippen molar-refractivity contribution in [3.63, 3.8) is 0 Å². The number of aliphatic hydroxyl groups is 1. The SMILES string of the molecule is C[C@@H]1N[C@@H]1CO. The standard InChI is InChI=1S/C4H9NO/c1-3-4(2-6)5-3/h3-6H,2H2,1H3/t3-,4+/m0/s1. The molecule has 0 bridgehead atoms. The molecule has 0 radical (unpaired) electrons. The van der Waals surface area contributed by atoms with Gasteiger partial charge in [-0.3, -0.25) is 0 Å². The topological polar surface area (TPSA) is 42.2 Å². The Morgan fingerprint density at radius 3 is 2.33 bits per heavy atom. The fourth-order valence-electron chi connectivity index (χ4n) is 0.493. The van der Waals surface area contributed by atoms with Crippen LogP contribution in [0, 0.1) is 0 Å². The molecule has 0 aromatic carbocycles. The number of rotatable bonds is 1. The lowest BCUT2D eigenvalue weighted by molar-refractivity contribution is 0.295. The molecule has 0 spiro atoms. The summed E-state index contributed by atoms with van der Waals surface area (Å²) in [7, 11) is 0. The Kier molecular flexibility index (Phi) is 0.821. The highest BCUT2D eigenvalue weighted by Crippen LogP contribution is 2.06. The maximum atomic E-state index is 8.31. The predicted octanol–water partition coefficient (Wildman–Crippen LogP) is -0.661. The van der Waals surface area contributed by atoms with Crippen molar-refractivity contribution in [3.8, 4) is 0 Å². The summed E-state index contributed by atoms with van der Waals surface area (Å²) in [6, 6.07) is 0.972. The van der Waals surface area contributed by atoms with Gasteiger partial charge in [-0.15, -0.1) is 0 Å². The van der Waals surface area contributed by atoms with Crippen LogP contribution in [0.25, 0.3) is 0 Å². The zero-order chi connectivity index (χ0) is 4.57. The van der Waals surface area contributed by atoms with E-state index in [2.05, 4.69) is 12.2 Å². The first kappa shape index (κ1) is 4.09. The summed E-state index contributed by atoms with van der Waals surface area (Å²) in [6.07, 6.45) is 0. The van der Waals surface area contributed by atoms with E-state index in [0.717, 1.165) is 0 Å². The molecule has 1 rings (SSSR count). The van der Waals surface area contributed by atoms with E-state index in [-0.39, 0.29) is 0 Å². The average molecular weight is 87.1 g/mol. The van der Waals surface area contributed by atoms with Crippen molar-refractivity contribution in [1.29, 1.82) is 0 Å². The third-order valence-electron chi connectivity index (χ3n) is 1.17. The molecule has 2 nitrogen and oxygen atoms in total. The lowest BCUT2D eigenvalue weighted by Crippen LogP contribution is -1.96.